The van der Waals surface area contributed by atoms with E-state index in [-0.39, 0.29) is 6.10 Å². The maximum absolute atomic E-state index is 6.01. The third-order valence-corrected chi connectivity index (χ3v) is 3.50. The van der Waals surface area contributed by atoms with Crippen LogP contribution >= 0.6 is 11.6 Å². The highest BCUT2D eigenvalue weighted by Crippen LogP contribution is 2.25. The van der Waals surface area contributed by atoms with Crippen LogP contribution in [-0.2, 0) is 0 Å². The van der Waals surface area contributed by atoms with Crippen molar-refractivity contribution in [2.45, 2.75) is 20.0 Å². The Morgan fingerprint density at radius 2 is 1.79 bits per heavy atom. The normalized spacial score (nSPS) is 12.2. The van der Waals surface area contributed by atoms with Crippen LogP contribution in [0.1, 0.15) is 22.8 Å². The average molecular weight is 276 g/mol. The van der Waals surface area contributed by atoms with Crippen molar-refractivity contribution in [2.75, 3.05) is 6.54 Å². The topological polar surface area (TPSA) is 35.2 Å². The quantitative estimate of drug-likeness (QED) is 0.914. The van der Waals surface area contributed by atoms with Crippen LogP contribution < -0.4 is 10.5 Å². The lowest BCUT2D eigenvalue weighted by Crippen LogP contribution is -2.18. The van der Waals surface area contributed by atoms with E-state index >= 15 is 0 Å². The van der Waals surface area contributed by atoms with Gasteiger partial charge in [0.25, 0.3) is 0 Å². The van der Waals surface area contributed by atoms with Crippen LogP contribution in [0.25, 0.3) is 0 Å². The van der Waals surface area contributed by atoms with Crippen LogP contribution in [0, 0.1) is 13.8 Å². The predicted molar refractivity (Wildman–Crippen MR) is 79.8 cm³/mol. The first-order valence-corrected chi connectivity index (χ1v) is 6.67. The number of halogens is 1. The summed E-state index contributed by atoms with van der Waals surface area (Å²) in [7, 11) is 0. The van der Waals surface area contributed by atoms with Crippen molar-refractivity contribution in [1.82, 2.24) is 0 Å². The molecule has 0 spiro atoms. The molecule has 0 heterocycles. The minimum atomic E-state index is -0.138. The summed E-state index contributed by atoms with van der Waals surface area (Å²) >= 11 is 6.01. The third kappa shape index (κ3) is 3.49. The molecule has 2 N–H and O–H groups in total. The zero-order valence-corrected chi connectivity index (χ0v) is 11.9. The number of rotatable bonds is 4. The summed E-state index contributed by atoms with van der Waals surface area (Å²) in [5.74, 6) is 0.790. The number of hydrogen-bond donors (Lipinski definition) is 1. The van der Waals surface area contributed by atoms with Gasteiger partial charge in [0, 0.05) is 11.6 Å². The molecular formula is C16H18ClNO. The summed E-state index contributed by atoms with van der Waals surface area (Å²) in [5, 5.41) is 0.743. The van der Waals surface area contributed by atoms with Gasteiger partial charge in [0.15, 0.2) is 0 Å². The van der Waals surface area contributed by atoms with Crippen LogP contribution in [0.4, 0.5) is 0 Å². The number of nitrogens with two attached hydrogens (primary N) is 1. The highest BCUT2D eigenvalue weighted by atomic mass is 35.5. The summed E-state index contributed by atoms with van der Waals surface area (Å²) < 4.78 is 5.94. The Balaban J connectivity index is 2.18. The van der Waals surface area contributed by atoms with E-state index in [1.165, 1.54) is 5.56 Å². The van der Waals surface area contributed by atoms with Crippen molar-refractivity contribution in [3.8, 4) is 5.75 Å². The van der Waals surface area contributed by atoms with Gasteiger partial charge in [-0.2, -0.15) is 0 Å². The van der Waals surface area contributed by atoms with Crippen LogP contribution in [0.3, 0.4) is 0 Å². The summed E-state index contributed by atoms with van der Waals surface area (Å²) in [6.45, 7) is 4.45. The molecule has 0 aliphatic rings. The number of benzene rings is 2. The maximum atomic E-state index is 6.01. The van der Waals surface area contributed by atoms with Gasteiger partial charge in [0.1, 0.15) is 11.9 Å². The molecule has 0 aromatic heterocycles. The van der Waals surface area contributed by atoms with Crippen molar-refractivity contribution >= 4 is 11.6 Å². The number of ether oxygens (including phenoxy) is 1. The Morgan fingerprint density at radius 1 is 1.11 bits per heavy atom. The first-order chi connectivity index (χ1) is 9.10. The Bertz CT molecular complexity index is 551. The van der Waals surface area contributed by atoms with Gasteiger partial charge in [-0.1, -0.05) is 41.4 Å². The second kappa shape index (κ2) is 6.09. The Morgan fingerprint density at radius 3 is 2.37 bits per heavy atom. The molecule has 0 bridgehead atoms. The summed E-state index contributed by atoms with van der Waals surface area (Å²) in [5.41, 5.74) is 9.11. The van der Waals surface area contributed by atoms with Crippen LogP contribution in [0.15, 0.2) is 42.5 Å². The van der Waals surface area contributed by atoms with E-state index in [1.807, 2.05) is 25.1 Å². The van der Waals surface area contributed by atoms with Gasteiger partial charge in [0.05, 0.1) is 0 Å². The molecule has 2 aromatic carbocycles. The van der Waals surface area contributed by atoms with Crippen molar-refractivity contribution in [1.29, 1.82) is 0 Å². The molecule has 0 saturated carbocycles. The van der Waals surface area contributed by atoms with E-state index < -0.39 is 0 Å². The molecule has 0 amide bonds. The summed E-state index contributed by atoms with van der Waals surface area (Å²) in [4.78, 5) is 0. The lowest BCUT2D eigenvalue weighted by molar-refractivity contribution is 0.214. The molecule has 2 nitrogen and oxygen atoms in total. The minimum Gasteiger partial charge on any atom is -0.484 e. The van der Waals surface area contributed by atoms with E-state index in [1.54, 1.807) is 0 Å². The Kier molecular flexibility index (Phi) is 4.46. The van der Waals surface area contributed by atoms with Gasteiger partial charge in [-0.25, -0.2) is 0 Å². The van der Waals surface area contributed by atoms with Gasteiger partial charge < -0.3 is 10.5 Å². The van der Waals surface area contributed by atoms with Crippen LogP contribution in [0.5, 0.6) is 5.75 Å². The monoisotopic (exact) mass is 275 g/mol. The van der Waals surface area contributed by atoms with Crippen molar-refractivity contribution in [2.24, 2.45) is 5.73 Å². The SMILES string of the molecule is Cc1ccc(C(CN)Oc2ccc(Cl)c(C)c2)cc1. The standard InChI is InChI=1S/C16H18ClNO/c1-11-3-5-13(6-4-11)16(10-18)19-14-7-8-15(17)12(2)9-14/h3-9,16H,10,18H2,1-2H3. The molecule has 0 aliphatic heterocycles. The molecule has 2 aromatic rings. The third-order valence-electron chi connectivity index (χ3n) is 3.07. The molecule has 1 unspecified atom stereocenters. The van der Waals surface area contributed by atoms with E-state index in [4.69, 9.17) is 22.1 Å². The number of aryl methyl sites for hydroxylation is 2. The van der Waals surface area contributed by atoms with E-state index in [0.29, 0.717) is 6.54 Å². The molecule has 100 valence electrons. The van der Waals surface area contributed by atoms with Crippen molar-refractivity contribution in [3.63, 3.8) is 0 Å². The van der Waals surface area contributed by atoms with Crippen LogP contribution in [0.2, 0.25) is 5.02 Å². The first kappa shape index (κ1) is 13.9. The van der Waals surface area contributed by atoms with Gasteiger partial charge >= 0.3 is 0 Å². The molecular weight excluding hydrogens is 258 g/mol. The Hall–Kier alpha value is -1.51. The lowest BCUT2D eigenvalue weighted by Gasteiger charge is -2.18. The van der Waals surface area contributed by atoms with Gasteiger partial charge in [-0.05, 0) is 43.2 Å². The second-order valence-corrected chi connectivity index (χ2v) is 5.07. The Labute approximate surface area is 119 Å². The molecule has 0 fully saturated rings. The highest BCUT2D eigenvalue weighted by molar-refractivity contribution is 6.31. The first-order valence-electron chi connectivity index (χ1n) is 6.29. The fraction of sp³-hybridized carbons (Fsp3) is 0.250. The van der Waals surface area contributed by atoms with Gasteiger partial charge in [-0.15, -0.1) is 0 Å². The minimum absolute atomic E-state index is 0.138. The maximum Gasteiger partial charge on any atom is 0.136 e. The molecule has 2 rings (SSSR count). The molecule has 0 radical (unpaired) electrons. The molecule has 0 aliphatic carbocycles. The smallest absolute Gasteiger partial charge is 0.136 e. The highest BCUT2D eigenvalue weighted by Gasteiger charge is 2.11. The van der Waals surface area contributed by atoms with E-state index in [9.17, 15) is 0 Å². The number of hydrogen-bond acceptors (Lipinski definition) is 2. The van der Waals surface area contributed by atoms with E-state index in [0.717, 1.165) is 21.9 Å². The molecule has 1 atom stereocenters. The lowest BCUT2D eigenvalue weighted by atomic mass is 10.1. The molecule has 3 heteroatoms. The summed E-state index contributed by atoms with van der Waals surface area (Å²) in [6, 6.07) is 13.9. The molecule has 0 saturated heterocycles. The van der Waals surface area contributed by atoms with Crippen molar-refractivity contribution in [3.05, 3.63) is 64.2 Å². The zero-order chi connectivity index (χ0) is 13.8. The molecule has 19 heavy (non-hydrogen) atoms. The zero-order valence-electron chi connectivity index (χ0n) is 11.2. The van der Waals surface area contributed by atoms with E-state index in [2.05, 4.69) is 31.2 Å². The largest absolute Gasteiger partial charge is 0.484 e. The summed E-state index contributed by atoms with van der Waals surface area (Å²) in [6.07, 6.45) is -0.138. The van der Waals surface area contributed by atoms with Crippen molar-refractivity contribution < 1.29 is 4.74 Å². The fourth-order valence-corrected chi connectivity index (χ4v) is 2.01. The van der Waals surface area contributed by atoms with Gasteiger partial charge in [-0.3, -0.25) is 0 Å². The predicted octanol–water partition coefficient (Wildman–Crippen LogP) is 4.04. The average Bonchev–Trinajstić information content (AvgIpc) is 2.41. The fourth-order valence-electron chi connectivity index (χ4n) is 1.89. The second-order valence-electron chi connectivity index (χ2n) is 4.66. The van der Waals surface area contributed by atoms with Crippen LogP contribution in [-0.4, -0.2) is 6.54 Å². The van der Waals surface area contributed by atoms with Gasteiger partial charge in [0.2, 0.25) is 0 Å².